The number of allylic oxidation sites excluding steroid dienone is 6. The number of ether oxygens (including phenoxy) is 1. The number of phenols is 1. The van der Waals surface area contributed by atoms with Crippen LogP contribution in [-0.4, -0.2) is 23.3 Å². The number of unbranched alkanes of at least 4 members (excludes halogenated alkanes) is 17. The molecule has 4 heterocycles. The van der Waals surface area contributed by atoms with E-state index in [1.165, 1.54) is 67.4 Å². The molecule has 0 bridgehead atoms. The first kappa shape index (κ1) is 63.9. The van der Waals surface area contributed by atoms with Crippen molar-refractivity contribution in [2.45, 2.75) is 219 Å². The number of hydrogen-bond acceptors (Lipinski definition) is 9. The molecule has 0 saturated carbocycles. The molecule has 0 unspecified atom stereocenters. The van der Waals surface area contributed by atoms with Crippen LogP contribution < -0.4 is 4.74 Å². The predicted molar refractivity (Wildman–Crippen MR) is 377 cm³/mol. The lowest BCUT2D eigenvalue weighted by molar-refractivity contribution is 0.103. The molecule has 0 aliphatic heterocycles. The van der Waals surface area contributed by atoms with E-state index in [4.69, 9.17) is 17.9 Å². The second-order valence-corrected chi connectivity index (χ2v) is 29.6. The molecule has 460 valence electrons. The molecule has 0 amide bonds. The summed E-state index contributed by atoms with van der Waals surface area (Å²) in [5, 5.41) is 26.2. The third kappa shape index (κ3) is 11.6. The number of ketones is 2. The summed E-state index contributed by atoms with van der Waals surface area (Å²) in [6, 6.07) is 21.9. The number of benzene rings is 3. The molecule has 11 rings (SSSR count). The quantitative estimate of drug-likeness (QED) is 0.0209. The van der Waals surface area contributed by atoms with Crippen molar-refractivity contribution in [2.75, 3.05) is 6.61 Å². The number of carbonyl (C=O) groups excluding carboxylic acids is 2. The fourth-order valence-corrected chi connectivity index (χ4v) is 20.7. The molecule has 0 saturated heterocycles. The van der Waals surface area contributed by atoms with E-state index in [9.17, 15) is 20.0 Å². The third-order valence-corrected chi connectivity index (χ3v) is 24.5. The Hall–Kier alpha value is -6.65. The van der Waals surface area contributed by atoms with Gasteiger partial charge in [0, 0.05) is 69.0 Å². The molecule has 4 aliphatic carbocycles. The second-order valence-electron chi connectivity index (χ2n) is 25.4. The number of nitrogens with zero attached hydrogens (tertiary/aromatic N) is 3. The van der Waals surface area contributed by atoms with Crippen molar-refractivity contribution in [3.05, 3.63) is 160 Å². The van der Waals surface area contributed by atoms with Crippen LogP contribution in [0.15, 0.2) is 83.2 Å². The number of phenolic OH excluding ortho intramolecular Hbond substituents is 1. The highest BCUT2D eigenvalue weighted by molar-refractivity contribution is 7.29. The Morgan fingerprint density at radius 2 is 0.955 bits per heavy atom. The van der Waals surface area contributed by atoms with Gasteiger partial charge in [-0.1, -0.05) is 218 Å². The first-order chi connectivity index (χ1) is 43.5. The molecule has 4 aliphatic rings. The van der Waals surface area contributed by atoms with E-state index in [1.807, 2.05) is 66.8 Å². The molecule has 7 aromatic rings. The smallest absolute Gasteiger partial charge is 0.270 e. The van der Waals surface area contributed by atoms with Crippen molar-refractivity contribution < 1.29 is 19.4 Å². The maximum absolute atomic E-state index is 14.5. The number of thiophene rings is 4. The van der Waals surface area contributed by atoms with Gasteiger partial charge in [-0.25, -0.2) is 15.0 Å². The first-order valence-electron chi connectivity index (χ1n) is 33.5. The lowest BCUT2D eigenvalue weighted by atomic mass is 9.69. The van der Waals surface area contributed by atoms with Gasteiger partial charge in [-0.2, -0.15) is 0 Å². The molecule has 89 heavy (non-hydrogen) atoms. The van der Waals surface area contributed by atoms with Crippen LogP contribution in [0.2, 0.25) is 0 Å². The van der Waals surface area contributed by atoms with Crippen LogP contribution in [0, 0.1) is 24.5 Å². The number of carbonyl (C=O) groups is 2. The molecule has 0 spiro atoms. The van der Waals surface area contributed by atoms with E-state index in [0.717, 1.165) is 188 Å². The Kier molecular flexibility index (Phi) is 20.3. The van der Waals surface area contributed by atoms with Gasteiger partial charge in [0.2, 0.25) is 0 Å². The molecular weight excluding hydrogens is 1170 g/mol. The van der Waals surface area contributed by atoms with Crippen LogP contribution >= 0.6 is 45.3 Å². The summed E-state index contributed by atoms with van der Waals surface area (Å²) < 4.78 is 9.51. The number of fused-ring (bicyclic) bond motifs is 12. The highest BCUT2D eigenvalue weighted by Gasteiger charge is 2.51. The molecule has 3 aromatic carbocycles. The molecular formula is C78H85N3O4S4. The van der Waals surface area contributed by atoms with Crippen LogP contribution in [0.25, 0.3) is 72.7 Å². The molecule has 4 aromatic heterocycles. The summed E-state index contributed by atoms with van der Waals surface area (Å²) >= 11 is 7.02. The minimum atomic E-state index is -0.409. The summed E-state index contributed by atoms with van der Waals surface area (Å²) in [6.07, 6.45) is 32.4. The highest BCUT2D eigenvalue weighted by Crippen LogP contribution is 2.69. The molecule has 11 heteroatoms. The number of nitriles is 1. The fourth-order valence-electron chi connectivity index (χ4n) is 15.3. The van der Waals surface area contributed by atoms with Crippen molar-refractivity contribution in [1.82, 2.24) is 0 Å². The SMILES string of the molecule is [C-]#[N+]/C(C)=C1\C(=C\c2cc3c(s2)-c2sc4c(OCCCCCCCC)c5c6c(sc5c(O)c4c2C3(CCCCCC)CCCCCC)-c2sc(/C=C3\C(=O)c4ccccc4\C3=C(\C#N)[N+]#[C-])cc2C6(CCCCCC)CCCCCC)C(=O)c2ccccc21. The molecule has 7 nitrogen and oxygen atoms in total. The van der Waals surface area contributed by atoms with Crippen molar-refractivity contribution in [2.24, 2.45) is 0 Å². The largest absolute Gasteiger partial charge is 0.506 e. The standard InChI is InChI=1S/C78H85N3O4S4/c1-9-14-19-24-25-34-43-85-70-64-66-76(72-59(78(66,41-32-22-17-12-4)42-33-23-18-13-5)47-51(87-72)45-57-62(60(48-79)81-8)53-36-27-29-38-55(53)68(57)83)88-73(64)69(84)63-65-75(89-74(63)70)71-58(77(65,39-30-20-15-10-2)40-31-21-16-11-3)46-50(86-71)44-56-61(49(6)80-7)52-35-26-28-37-54(52)67(56)82/h26-29,35-38,44-47,84H,9-25,30-34,39-43H2,1-6H3/b56-44-,57-45-,61-49-,62-60+. The third-order valence-electron chi connectivity index (χ3n) is 19.6. The zero-order valence-electron chi connectivity index (χ0n) is 53.2. The molecule has 0 radical (unpaired) electrons. The van der Waals surface area contributed by atoms with E-state index < -0.39 is 10.8 Å². The minimum Gasteiger partial charge on any atom is -0.506 e. The monoisotopic (exact) mass is 1260 g/mol. The molecule has 0 fully saturated rings. The Bertz CT molecular complexity index is 4080. The van der Waals surface area contributed by atoms with Gasteiger partial charge in [-0.3, -0.25) is 9.59 Å². The summed E-state index contributed by atoms with van der Waals surface area (Å²) in [7, 11) is 0. The number of aromatic hydroxyl groups is 1. The summed E-state index contributed by atoms with van der Waals surface area (Å²) in [4.78, 5) is 43.3. The maximum atomic E-state index is 14.5. The summed E-state index contributed by atoms with van der Waals surface area (Å²) in [5.74, 6) is 1.08. The summed E-state index contributed by atoms with van der Waals surface area (Å²) in [5.41, 5.74) is 9.54. The average Bonchev–Trinajstić information content (AvgIpc) is 1.53. The van der Waals surface area contributed by atoms with Gasteiger partial charge in [-0.05, 0) is 102 Å². The van der Waals surface area contributed by atoms with Crippen LogP contribution in [0.3, 0.4) is 0 Å². The lowest BCUT2D eigenvalue weighted by Crippen LogP contribution is -2.26. The Morgan fingerprint density at radius 3 is 1.42 bits per heavy atom. The van der Waals surface area contributed by atoms with Gasteiger partial charge in [0.1, 0.15) is 11.5 Å². The first-order valence-corrected chi connectivity index (χ1v) is 36.8. The van der Waals surface area contributed by atoms with Gasteiger partial charge in [0.15, 0.2) is 17.3 Å². The van der Waals surface area contributed by atoms with E-state index in [1.54, 1.807) is 40.1 Å². The maximum Gasteiger partial charge on any atom is 0.270 e. The minimum absolute atomic E-state index is 0.0360. The fraction of sp³-hybridized carbons (Fsp3) is 0.449. The van der Waals surface area contributed by atoms with Crippen LogP contribution in [-0.2, 0) is 10.8 Å². The van der Waals surface area contributed by atoms with Gasteiger partial charge in [-0.15, -0.1) is 45.3 Å². The van der Waals surface area contributed by atoms with E-state index in [2.05, 4.69) is 68.6 Å². The Balaban J connectivity index is 1.17. The second kappa shape index (κ2) is 28.3. The average molecular weight is 1260 g/mol. The van der Waals surface area contributed by atoms with Gasteiger partial charge >= 0.3 is 0 Å². The van der Waals surface area contributed by atoms with E-state index >= 15 is 0 Å². The number of Topliss-reactive ketones (excluding diaryl/α,β-unsaturated/α-hetero) is 2. The number of hydrogen-bond donors (Lipinski definition) is 1. The predicted octanol–water partition coefficient (Wildman–Crippen LogP) is 24.5. The van der Waals surface area contributed by atoms with Crippen molar-refractivity contribution in [1.29, 1.82) is 5.26 Å². The zero-order chi connectivity index (χ0) is 62.4. The van der Waals surface area contributed by atoms with E-state index in [-0.39, 0.29) is 17.3 Å². The Labute approximate surface area is 544 Å². The van der Waals surface area contributed by atoms with Crippen molar-refractivity contribution >= 4 is 100 Å². The van der Waals surface area contributed by atoms with E-state index in [0.29, 0.717) is 51.5 Å². The Morgan fingerprint density at radius 1 is 0.539 bits per heavy atom. The lowest BCUT2D eigenvalue weighted by Gasteiger charge is -2.33. The van der Waals surface area contributed by atoms with Crippen LogP contribution in [0.5, 0.6) is 11.5 Å². The normalized spacial score (nSPS) is 16.8. The topological polar surface area (TPSA) is 96.1 Å². The van der Waals surface area contributed by atoms with Gasteiger partial charge in [0.25, 0.3) is 5.70 Å². The molecule has 0 atom stereocenters. The van der Waals surface area contributed by atoms with Crippen LogP contribution in [0.4, 0.5) is 0 Å². The van der Waals surface area contributed by atoms with Gasteiger partial charge < -0.3 is 9.84 Å². The zero-order valence-corrected chi connectivity index (χ0v) is 56.4. The van der Waals surface area contributed by atoms with Gasteiger partial charge in [0.05, 0.1) is 45.0 Å². The van der Waals surface area contributed by atoms with Crippen molar-refractivity contribution in [3.63, 3.8) is 0 Å². The van der Waals surface area contributed by atoms with Crippen LogP contribution in [0.1, 0.15) is 272 Å². The molecule has 1 N–H and O–H groups in total. The summed E-state index contributed by atoms with van der Waals surface area (Å²) in [6.45, 7) is 30.0. The van der Waals surface area contributed by atoms with Crippen molar-refractivity contribution in [3.8, 4) is 37.1 Å². The highest BCUT2D eigenvalue weighted by atomic mass is 32.1. The number of rotatable bonds is 30.